The van der Waals surface area contributed by atoms with Crippen molar-refractivity contribution in [2.24, 2.45) is 0 Å². The lowest BCUT2D eigenvalue weighted by molar-refractivity contribution is 0.0902. The van der Waals surface area contributed by atoms with E-state index >= 15 is 0 Å². The molecule has 1 heterocycles. The number of benzene rings is 1. The maximum atomic E-state index is 3.74. The van der Waals surface area contributed by atoms with E-state index in [1.54, 1.807) is 0 Å². The van der Waals surface area contributed by atoms with Crippen molar-refractivity contribution in [1.29, 1.82) is 0 Å². The molecule has 0 aromatic heterocycles. The van der Waals surface area contributed by atoms with Crippen molar-refractivity contribution in [3.8, 4) is 0 Å². The molecule has 2 aliphatic carbocycles. The van der Waals surface area contributed by atoms with Crippen molar-refractivity contribution in [1.82, 2.24) is 15.1 Å². The van der Waals surface area contributed by atoms with Crippen molar-refractivity contribution in [2.75, 3.05) is 32.7 Å². The minimum absolute atomic E-state index is 0.549. The maximum absolute atomic E-state index is 3.74. The van der Waals surface area contributed by atoms with Crippen LogP contribution < -0.4 is 5.32 Å². The summed E-state index contributed by atoms with van der Waals surface area (Å²) in [6, 6.07) is 13.3. The molecule has 3 nitrogen and oxygen atoms in total. The van der Waals surface area contributed by atoms with Crippen LogP contribution in [0.1, 0.15) is 37.3 Å². The van der Waals surface area contributed by atoms with E-state index in [0.717, 1.165) is 18.6 Å². The highest BCUT2D eigenvalue weighted by atomic mass is 15.3. The van der Waals surface area contributed by atoms with Gasteiger partial charge in [0.05, 0.1) is 0 Å². The summed E-state index contributed by atoms with van der Waals surface area (Å²) in [5, 5.41) is 3.74. The Kier molecular flexibility index (Phi) is 3.97. The van der Waals surface area contributed by atoms with E-state index in [-0.39, 0.29) is 0 Å². The highest BCUT2D eigenvalue weighted by molar-refractivity contribution is 5.20. The number of rotatable bonds is 6. The average molecular weight is 285 g/mol. The van der Waals surface area contributed by atoms with Crippen LogP contribution in [0.3, 0.4) is 0 Å². The number of piperazine rings is 1. The predicted molar refractivity (Wildman–Crippen MR) is 86.4 cm³/mol. The molecule has 1 aromatic carbocycles. The summed E-state index contributed by atoms with van der Waals surface area (Å²) in [4.78, 5) is 5.40. The standard InChI is InChI=1S/C18H27N3/c1-2-4-15(5-3-1)18(14-19-16-6-7-16)21-12-10-20(11-13-21)17-8-9-17/h1-5,16-19H,6-14H2. The van der Waals surface area contributed by atoms with Gasteiger partial charge in [-0.3, -0.25) is 9.80 Å². The van der Waals surface area contributed by atoms with Crippen molar-refractivity contribution in [3.63, 3.8) is 0 Å². The van der Waals surface area contributed by atoms with Crippen LogP contribution in [0.15, 0.2) is 30.3 Å². The van der Waals surface area contributed by atoms with Crippen LogP contribution >= 0.6 is 0 Å². The van der Waals surface area contributed by atoms with Gasteiger partial charge in [-0.05, 0) is 31.2 Å². The molecule has 0 spiro atoms. The van der Waals surface area contributed by atoms with Gasteiger partial charge in [0.1, 0.15) is 0 Å². The third kappa shape index (κ3) is 3.47. The second-order valence-electron chi connectivity index (χ2n) is 6.91. The van der Waals surface area contributed by atoms with Crippen LogP contribution in [-0.2, 0) is 0 Å². The molecular formula is C18H27N3. The normalized spacial score (nSPS) is 25.9. The Labute approximate surface area is 128 Å². The maximum Gasteiger partial charge on any atom is 0.0473 e. The second-order valence-corrected chi connectivity index (χ2v) is 6.91. The zero-order valence-electron chi connectivity index (χ0n) is 12.9. The van der Waals surface area contributed by atoms with Crippen molar-refractivity contribution < 1.29 is 0 Å². The van der Waals surface area contributed by atoms with Gasteiger partial charge < -0.3 is 5.32 Å². The second kappa shape index (κ2) is 6.07. The van der Waals surface area contributed by atoms with Gasteiger partial charge in [-0.1, -0.05) is 30.3 Å². The van der Waals surface area contributed by atoms with E-state index in [4.69, 9.17) is 0 Å². The fourth-order valence-corrected chi connectivity index (χ4v) is 3.55. The molecule has 1 aromatic rings. The van der Waals surface area contributed by atoms with Crippen LogP contribution in [0.4, 0.5) is 0 Å². The molecule has 1 atom stereocenters. The van der Waals surface area contributed by atoms with Crippen LogP contribution in [-0.4, -0.2) is 54.6 Å². The first-order valence-corrected chi connectivity index (χ1v) is 8.66. The Morgan fingerprint density at radius 3 is 2.29 bits per heavy atom. The molecule has 1 N–H and O–H groups in total. The Morgan fingerprint density at radius 2 is 1.67 bits per heavy atom. The van der Waals surface area contributed by atoms with Gasteiger partial charge in [0.2, 0.25) is 0 Å². The van der Waals surface area contributed by atoms with Gasteiger partial charge in [-0.25, -0.2) is 0 Å². The quantitative estimate of drug-likeness (QED) is 0.865. The lowest BCUT2D eigenvalue weighted by Crippen LogP contribution is -2.50. The molecule has 21 heavy (non-hydrogen) atoms. The SMILES string of the molecule is c1ccc(C(CNC2CC2)N2CCN(C3CC3)CC2)cc1. The topological polar surface area (TPSA) is 18.5 Å². The van der Waals surface area contributed by atoms with Crippen LogP contribution in [0.25, 0.3) is 0 Å². The minimum atomic E-state index is 0.549. The summed E-state index contributed by atoms with van der Waals surface area (Å²) < 4.78 is 0. The van der Waals surface area contributed by atoms with Gasteiger partial charge in [-0.15, -0.1) is 0 Å². The Balaban J connectivity index is 1.41. The molecule has 0 bridgehead atoms. The molecular weight excluding hydrogens is 258 g/mol. The van der Waals surface area contributed by atoms with E-state index in [2.05, 4.69) is 45.4 Å². The van der Waals surface area contributed by atoms with E-state index in [9.17, 15) is 0 Å². The molecule has 0 amide bonds. The molecule has 3 heteroatoms. The molecule has 0 radical (unpaired) electrons. The van der Waals surface area contributed by atoms with Crippen molar-refractivity contribution in [2.45, 2.75) is 43.8 Å². The van der Waals surface area contributed by atoms with Gasteiger partial charge in [0.15, 0.2) is 0 Å². The fraction of sp³-hybridized carbons (Fsp3) is 0.667. The van der Waals surface area contributed by atoms with Crippen LogP contribution in [0.5, 0.6) is 0 Å². The molecule has 4 rings (SSSR count). The summed E-state index contributed by atoms with van der Waals surface area (Å²) >= 11 is 0. The van der Waals surface area contributed by atoms with Gasteiger partial charge in [-0.2, -0.15) is 0 Å². The highest BCUT2D eigenvalue weighted by Crippen LogP contribution is 2.30. The van der Waals surface area contributed by atoms with E-state index in [1.165, 1.54) is 57.4 Å². The average Bonchev–Trinajstić information content (AvgIpc) is 3.42. The summed E-state index contributed by atoms with van der Waals surface area (Å²) in [6.07, 6.45) is 5.62. The summed E-state index contributed by atoms with van der Waals surface area (Å²) in [7, 11) is 0. The number of hydrogen-bond acceptors (Lipinski definition) is 3. The zero-order valence-corrected chi connectivity index (χ0v) is 12.9. The highest BCUT2D eigenvalue weighted by Gasteiger charge is 2.33. The molecule has 1 unspecified atom stereocenters. The Hall–Kier alpha value is -0.900. The first-order valence-electron chi connectivity index (χ1n) is 8.66. The van der Waals surface area contributed by atoms with Crippen LogP contribution in [0, 0.1) is 0 Å². The zero-order chi connectivity index (χ0) is 14.1. The molecule has 1 aliphatic heterocycles. The molecule has 2 saturated carbocycles. The lowest BCUT2D eigenvalue weighted by atomic mass is 10.0. The van der Waals surface area contributed by atoms with Crippen LogP contribution in [0.2, 0.25) is 0 Å². The summed E-state index contributed by atoms with van der Waals surface area (Å²) in [5.74, 6) is 0. The first-order chi connectivity index (χ1) is 10.4. The van der Waals surface area contributed by atoms with Crippen molar-refractivity contribution in [3.05, 3.63) is 35.9 Å². The summed E-state index contributed by atoms with van der Waals surface area (Å²) in [6.45, 7) is 6.08. The molecule has 114 valence electrons. The third-order valence-corrected chi connectivity index (χ3v) is 5.21. The van der Waals surface area contributed by atoms with Gasteiger partial charge in [0.25, 0.3) is 0 Å². The van der Waals surface area contributed by atoms with E-state index < -0.39 is 0 Å². The predicted octanol–water partition coefficient (Wildman–Crippen LogP) is 2.26. The smallest absolute Gasteiger partial charge is 0.0473 e. The fourth-order valence-electron chi connectivity index (χ4n) is 3.55. The van der Waals surface area contributed by atoms with Gasteiger partial charge in [0, 0.05) is 50.8 Å². The lowest BCUT2D eigenvalue weighted by Gasteiger charge is -2.40. The first kappa shape index (κ1) is 13.7. The molecule has 1 saturated heterocycles. The number of nitrogens with zero attached hydrogens (tertiary/aromatic N) is 2. The Morgan fingerprint density at radius 1 is 0.952 bits per heavy atom. The minimum Gasteiger partial charge on any atom is -0.312 e. The monoisotopic (exact) mass is 285 g/mol. The number of hydrogen-bond donors (Lipinski definition) is 1. The van der Waals surface area contributed by atoms with E-state index in [1.807, 2.05) is 0 Å². The summed E-state index contributed by atoms with van der Waals surface area (Å²) in [5.41, 5.74) is 1.48. The molecule has 3 aliphatic rings. The van der Waals surface area contributed by atoms with Gasteiger partial charge >= 0.3 is 0 Å². The Bertz CT molecular complexity index is 445. The van der Waals surface area contributed by atoms with E-state index in [0.29, 0.717) is 6.04 Å². The molecule has 3 fully saturated rings. The third-order valence-electron chi connectivity index (χ3n) is 5.21. The number of nitrogens with one attached hydrogen (secondary N) is 1. The van der Waals surface area contributed by atoms with Crippen molar-refractivity contribution >= 4 is 0 Å². The largest absolute Gasteiger partial charge is 0.312 e.